The second-order valence-electron chi connectivity index (χ2n) is 6.66. The fourth-order valence-corrected chi connectivity index (χ4v) is 3.39. The molecule has 1 aliphatic rings. The number of carbonyl (C=O) groups is 2. The number of rotatable bonds is 4. The van der Waals surface area contributed by atoms with Crippen LogP contribution >= 0.6 is 0 Å². The quantitative estimate of drug-likeness (QED) is 0.868. The molecule has 0 bridgehead atoms. The monoisotopic (exact) mass is 340 g/mol. The maximum atomic E-state index is 12.6. The van der Waals surface area contributed by atoms with E-state index in [-0.39, 0.29) is 17.7 Å². The van der Waals surface area contributed by atoms with Crippen molar-refractivity contribution in [3.8, 4) is 0 Å². The van der Waals surface area contributed by atoms with Crippen molar-refractivity contribution in [2.24, 2.45) is 7.05 Å². The summed E-state index contributed by atoms with van der Waals surface area (Å²) in [5.74, 6) is 0.916. The van der Waals surface area contributed by atoms with E-state index in [0.29, 0.717) is 11.1 Å². The fourth-order valence-electron chi connectivity index (χ4n) is 3.39. The summed E-state index contributed by atoms with van der Waals surface area (Å²) < 4.78 is 1.85. The third-order valence-electron chi connectivity index (χ3n) is 4.75. The minimum atomic E-state index is -0.126. The molecule has 1 fully saturated rings. The molecular weight excluding hydrogens is 316 g/mol. The lowest BCUT2D eigenvalue weighted by molar-refractivity contribution is 0.0933. The average Bonchev–Trinajstić information content (AvgIpc) is 3.01. The van der Waals surface area contributed by atoms with E-state index in [0.717, 1.165) is 37.3 Å². The number of piperidine rings is 1. The molecule has 1 aliphatic heterocycles. The number of amides is 1. The average molecular weight is 340 g/mol. The number of nitrogens with one attached hydrogen (secondary N) is 1. The second-order valence-corrected chi connectivity index (χ2v) is 6.66. The zero-order chi connectivity index (χ0) is 18.0. The lowest BCUT2D eigenvalue weighted by atomic mass is 10.0. The van der Waals surface area contributed by atoms with Gasteiger partial charge >= 0.3 is 0 Å². The number of carbonyl (C=O) groups excluding carboxylic acids is 2. The first kappa shape index (κ1) is 17.2. The van der Waals surface area contributed by atoms with Crippen LogP contribution < -0.4 is 10.2 Å². The molecule has 1 atom stereocenters. The van der Waals surface area contributed by atoms with E-state index in [4.69, 9.17) is 0 Å². The van der Waals surface area contributed by atoms with Gasteiger partial charge in [-0.2, -0.15) is 5.10 Å². The summed E-state index contributed by atoms with van der Waals surface area (Å²) in [6, 6.07) is 7.36. The molecule has 0 aliphatic carbocycles. The van der Waals surface area contributed by atoms with Gasteiger partial charge < -0.3 is 10.2 Å². The van der Waals surface area contributed by atoms with Gasteiger partial charge in [0.2, 0.25) is 0 Å². The predicted molar refractivity (Wildman–Crippen MR) is 97.1 cm³/mol. The zero-order valence-electron chi connectivity index (χ0n) is 15.0. The Labute approximate surface area is 147 Å². The number of anilines is 1. The highest BCUT2D eigenvalue weighted by atomic mass is 16.1. The molecule has 2 aromatic rings. The molecule has 1 amide bonds. The minimum absolute atomic E-state index is 0.0211. The molecule has 0 radical (unpaired) electrons. The molecule has 1 aromatic heterocycles. The van der Waals surface area contributed by atoms with Gasteiger partial charge in [-0.05, 0) is 44.4 Å². The van der Waals surface area contributed by atoms with Crippen molar-refractivity contribution in [1.29, 1.82) is 0 Å². The molecule has 2 heterocycles. The van der Waals surface area contributed by atoms with E-state index >= 15 is 0 Å². The Morgan fingerprint density at radius 1 is 1.28 bits per heavy atom. The molecule has 1 aromatic carbocycles. The highest BCUT2D eigenvalue weighted by molar-refractivity contribution is 6.00. The SMILES string of the molecule is CC(=O)c1cc(C(=O)NC2CCCN(c3ccnn3C)C2)ccc1C. The highest BCUT2D eigenvalue weighted by Gasteiger charge is 2.23. The Kier molecular flexibility index (Phi) is 4.88. The standard InChI is InChI=1S/C19H24N4O2/c1-13-6-7-15(11-17(13)14(2)24)19(25)21-16-5-4-10-23(12-16)18-8-9-20-22(18)3/h6-9,11,16H,4-5,10,12H2,1-3H3,(H,21,25). The van der Waals surface area contributed by atoms with Crippen molar-refractivity contribution < 1.29 is 9.59 Å². The Morgan fingerprint density at radius 2 is 2.08 bits per heavy atom. The van der Waals surface area contributed by atoms with Crippen LogP contribution in [-0.2, 0) is 7.05 Å². The molecule has 6 nitrogen and oxygen atoms in total. The number of hydrogen-bond donors (Lipinski definition) is 1. The molecule has 1 saturated heterocycles. The van der Waals surface area contributed by atoms with Crippen molar-refractivity contribution in [2.75, 3.05) is 18.0 Å². The van der Waals surface area contributed by atoms with Gasteiger partial charge in [0.25, 0.3) is 5.91 Å². The van der Waals surface area contributed by atoms with Crippen LogP contribution in [-0.4, -0.2) is 40.6 Å². The van der Waals surface area contributed by atoms with Gasteiger partial charge in [0.05, 0.1) is 6.20 Å². The van der Waals surface area contributed by atoms with Crippen LogP contribution in [0, 0.1) is 6.92 Å². The van der Waals surface area contributed by atoms with E-state index in [2.05, 4.69) is 15.3 Å². The van der Waals surface area contributed by atoms with Gasteiger partial charge in [-0.15, -0.1) is 0 Å². The van der Waals surface area contributed by atoms with Gasteiger partial charge in [0, 0.05) is 43.4 Å². The van der Waals surface area contributed by atoms with Gasteiger partial charge in [-0.3, -0.25) is 14.3 Å². The topological polar surface area (TPSA) is 67.2 Å². The first-order chi connectivity index (χ1) is 12.0. The number of nitrogens with zero attached hydrogens (tertiary/aromatic N) is 3. The lowest BCUT2D eigenvalue weighted by Crippen LogP contribution is -2.48. The van der Waals surface area contributed by atoms with Gasteiger partial charge in [-0.25, -0.2) is 0 Å². The molecular formula is C19H24N4O2. The van der Waals surface area contributed by atoms with Crippen molar-refractivity contribution in [3.63, 3.8) is 0 Å². The highest BCUT2D eigenvalue weighted by Crippen LogP contribution is 2.19. The maximum absolute atomic E-state index is 12.6. The smallest absolute Gasteiger partial charge is 0.251 e. The Hall–Kier alpha value is -2.63. The summed E-state index contributed by atoms with van der Waals surface area (Å²) in [6.45, 7) is 5.13. The largest absolute Gasteiger partial charge is 0.355 e. The van der Waals surface area contributed by atoms with Crippen molar-refractivity contribution >= 4 is 17.5 Å². The third-order valence-corrected chi connectivity index (χ3v) is 4.75. The number of hydrogen-bond acceptors (Lipinski definition) is 4. The summed E-state index contributed by atoms with van der Waals surface area (Å²) in [5.41, 5.74) is 2.03. The van der Waals surface area contributed by atoms with Crippen molar-refractivity contribution in [2.45, 2.75) is 32.7 Å². The summed E-state index contributed by atoms with van der Waals surface area (Å²) in [6.07, 6.45) is 3.75. The van der Waals surface area contributed by atoms with E-state index in [1.807, 2.05) is 30.8 Å². The van der Waals surface area contributed by atoms with Crippen LogP contribution in [0.25, 0.3) is 0 Å². The van der Waals surface area contributed by atoms with E-state index in [1.54, 1.807) is 18.3 Å². The van der Waals surface area contributed by atoms with Gasteiger partial charge in [0.1, 0.15) is 5.82 Å². The normalized spacial score (nSPS) is 17.4. The summed E-state index contributed by atoms with van der Waals surface area (Å²) in [4.78, 5) is 26.5. The van der Waals surface area contributed by atoms with Crippen molar-refractivity contribution in [3.05, 3.63) is 47.2 Å². The second kappa shape index (κ2) is 7.09. The van der Waals surface area contributed by atoms with Crippen LogP contribution in [0.3, 0.4) is 0 Å². The lowest BCUT2D eigenvalue weighted by Gasteiger charge is -2.34. The van der Waals surface area contributed by atoms with Crippen molar-refractivity contribution in [1.82, 2.24) is 15.1 Å². The predicted octanol–water partition coefficient (Wildman–Crippen LogP) is 2.33. The van der Waals surface area contributed by atoms with Crippen LogP contribution in [0.2, 0.25) is 0 Å². The minimum Gasteiger partial charge on any atom is -0.355 e. The molecule has 1 unspecified atom stereocenters. The first-order valence-corrected chi connectivity index (χ1v) is 8.61. The van der Waals surface area contributed by atoms with E-state index in [1.165, 1.54) is 6.92 Å². The summed E-state index contributed by atoms with van der Waals surface area (Å²) in [5, 5.41) is 7.33. The first-order valence-electron chi connectivity index (χ1n) is 8.61. The molecule has 0 spiro atoms. The molecule has 6 heteroatoms. The maximum Gasteiger partial charge on any atom is 0.251 e. The molecule has 0 saturated carbocycles. The van der Waals surface area contributed by atoms with E-state index < -0.39 is 0 Å². The number of aromatic nitrogens is 2. The van der Waals surface area contributed by atoms with Crippen LogP contribution in [0.15, 0.2) is 30.5 Å². The molecule has 25 heavy (non-hydrogen) atoms. The number of Topliss-reactive ketones (excluding diaryl/α,β-unsaturated/α-hetero) is 1. The Bertz CT molecular complexity index is 796. The number of benzene rings is 1. The van der Waals surface area contributed by atoms with Crippen LogP contribution in [0.4, 0.5) is 5.82 Å². The molecule has 1 N–H and O–H groups in total. The Morgan fingerprint density at radius 3 is 2.76 bits per heavy atom. The number of ketones is 1. The van der Waals surface area contributed by atoms with Crippen LogP contribution in [0.1, 0.15) is 46.0 Å². The molecule has 3 rings (SSSR count). The van der Waals surface area contributed by atoms with E-state index in [9.17, 15) is 9.59 Å². The number of aryl methyl sites for hydroxylation is 2. The Balaban J connectivity index is 1.69. The molecule has 132 valence electrons. The summed E-state index contributed by atoms with van der Waals surface area (Å²) >= 11 is 0. The van der Waals surface area contributed by atoms with Gasteiger partial charge in [0.15, 0.2) is 5.78 Å². The zero-order valence-corrected chi connectivity index (χ0v) is 15.0. The van der Waals surface area contributed by atoms with Crippen LogP contribution in [0.5, 0.6) is 0 Å². The van der Waals surface area contributed by atoms with Gasteiger partial charge in [-0.1, -0.05) is 6.07 Å². The summed E-state index contributed by atoms with van der Waals surface area (Å²) in [7, 11) is 1.92. The fraction of sp³-hybridized carbons (Fsp3) is 0.421. The third kappa shape index (κ3) is 3.73.